The molecule has 20 heavy (non-hydrogen) atoms. The van der Waals surface area contributed by atoms with Crippen molar-refractivity contribution in [1.82, 2.24) is 9.55 Å². The Balaban J connectivity index is 2.18. The number of rotatable bonds is 3. The minimum absolute atomic E-state index is 0.0906. The number of aryl methyl sites for hydroxylation is 1. The third kappa shape index (κ3) is 3.26. The highest BCUT2D eigenvalue weighted by Crippen LogP contribution is 2.11. The van der Waals surface area contributed by atoms with Crippen molar-refractivity contribution in [2.45, 2.75) is 39.8 Å². The predicted molar refractivity (Wildman–Crippen MR) is 82.0 cm³/mol. The van der Waals surface area contributed by atoms with Gasteiger partial charge in [-0.3, -0.25) is 4.79 Å². The molecule has 0 aliphatic carbocycles. The quantitative estimate of drug-likeness (QED) is 0.933. The zero-order valence-corrected chi connectivity index (χ0v) is 12.5. The average molecular weight is 271 g/mol. The zero-order chi connectivity index (χ0) is 14.8. The molecule has 0 atom stereocenters. The first kappa shape index (κ1) is 14.3. The number of nitrogens with one attached hydrogen (secondary N) is 1. The first-order chi connectivity index (χ1) is 9.38. The lowest BCUT2D eigenvalue weighted by molar-refractivity contribution is 0.383. The summed E-state index contributed by atoms with van der Waals surface area (Å²) in [5, 5.41) is 3.12. The molecule has 0 radical (unpaired) electrons. The lowest BCUT2D eigenvalue weighted by Crippen LogP contribution is -2.35. The molecule has 0 saturated heterocycles. The fraction of sp³-hybridized carbons (Fsp3) is 0.375. The molecule has 2 rings (SSSR count). The van der Waals surface area contributed by atoms with E-state index in [9.17, 15) is 4.79 Å². The van der Waals surface area contributed by atoms with Crippen LogP contribution in [-0.4, -0.2) is 9.55 Å². The second kappa shape index (κ2) is 5.49. The molecule has 0 aliphatic heterocycles. The van der Waals surface area contributed by atoms with Crippen molar-refractivity contribution in [3.8, 4) is 0 Å². The van der Waals surface area contributed by atoms with E-state index in [2.05, 4.69) is 29.4 Å². The van der Waals surface area contributed by atoms with Crippen molar-refractivity contribution < 1.29 is 0 Å². The van der Waals surface area contributed by atoms with E-state index < -0.39 is 0 Å². The Bertz CT molecular complexity index is 636. The first-order valence-corrected chi connectivity index (χ1v) is 6.75. The third-order valence-corrected chi connectivity index (χ3v) is 3.14. The van der Waals surface area contributed by atoms with Gasteiger partial charge in [-0.2, -0.15) is 0 Å². The molecular weight excluding hydrogens is 250 g/mol. The zero-order valence-electron chi connectivity index (χ0n) is 12.5. The van der Waals surface area contributed by atoms with E-state index in [4.69, 9.17) is 0 Å². The van der Waals surface area contributed by atoms with Gasteiger partial charge in [-0.05, 0) is 33.3 Å². The molecule has 2 aromatic rings. The van der Waals surface area contributed by atoms with Gasteiger partial charge in [-0.1, -0.05) is 29.8 Å². The van der Waals surface area contributed by atoms with Crippen LogP contribution in [0, 0.1) is 6.92 Å². The summed E-state index contributed by atoms with van der Waals surface area (Å²) in [6.45, 7) is 8.64. The highest BCUT2D eigenvalue weighted by atomic mass is 16.1. The monoisotopic (exact) mass is 271 g/mol. The summed E-state index contributed by atoms with van der Waals surface area (Å²) in [6.07, 6.45) is 3.38. The van der Waals surface area contributed by atoms with Crippen LogP contribution in [0.1, 0.15) is 31.9 Å². The van der Waals surface area contributed by atoms with E-state index in [0.717, 1.165) is 5.56 Å². The van der Waals surface area contributed by atoms with Gasteiger partial charge in [0, 0.05) is 24.5 Å². The van der Waals surface area contributed by atoms with Gasteiger partial charge >= 0.3 is 0 Å². The van der Waals surface area contributed by atoms with E-state index in [1.54, 1.807) is 17.0 Å². The Labute approximate surface area is 119 Å². The summed E-state index contributed by atoms with van der Waals surface area (Å²) < 4.78 is 1.69. The molecule has 1 aromatic heterocycles. The van der Waals surface area contributed by atoms with Gasteiger partial charge in [0.1, 0.15) is 0 Å². The number of aromatic nitrogens is 2. The maximum Gasteiger partial charge on any atom is 0.293 e. The highest BCUT2D eigenvalue weighted by Gasteiger charge is 2.16. The molecule has 4 heteroatoms. The van der Waals surface area contributed by atoms with E-state index >= 15 is 0 Å². The summed E-state index contributed by atoms with van der Waals surface area (Å²) >= 11 is 0. The standard InChI is InChI=1S/C16H21N3O/c1-12-5-7-13(8-6-12)11-18-14-15(20)19(10-9-17-14)16(2,3)4/h5-10H,11H2,1-4H3,(H,17,18). The normalized spacial score (nSPS) is 11.4. The van der Waals surface area contributed by atoms with Gasteiger partial charge in [0.25, 0.3) is 5.56 Å². The van der Waals surface area contributed by atoms with Crippen LogP contribution in [0.2, 0.25) is 0 Å². The van der Waals surface area contributed by atoms with Crippen molar-refractivity contribution in [2.24, 2.45) is 0 Å². The molecule has 1 aromatic carbocycles. The van der Waals surface area contributed by atoms with Crippen LogP contribution in [0.5, 0.6) is 0 Å². The van der Waals surface area contributed by atoms with Crippen LogP contribution in [0.15, 0.2) is 41.5 Å². The minimum atomic E-state index is -0.250. The van der Waals surface area contributed by atoms with E-state index in [1.165, 1.54) is 5.56 Å². The van der Waals surface area contributed by atoms with Crippen LogP contribution in [0.3, 0.4) is 0 Å². The Morgan fingerprint density at radius 2 is 1.85 bits per heavy atom. The van der Waals surface area contributed by atoms with Crippen molar-refractivity contribution in [3.63, 3.8) is 0 Å². The molecule has 0 spiro atoms. The van der Waals surface area contributed by atoms with Gasteiger partial charge in [0.05, 0.1) is 0 Å². The van der Waals surface area contributed by atoms with Gasteiger partial charge in [0.2, 0.25) is 0 Å². The van der Waals surface area contributed by atoms with Gasteiger partial charge in [0.15, 0.2) is 5.82 Å². The van der Waals surface area contributed by atoms with Crippen LogP contribution in [-0.2, 0) is 12.1 Å². The molecule has 0 amide bonds. The van der Waals surface area contributed by atoms with E-state index in [0.29, 0.717) is 12.4 Å². The van der Waals surface area contributed by atoms with Crippen LogP contribution >= 0.6 is 0 Å². The maximum absolute atomic E-state index is 12.3. The number of benzene rings is 1. The summed E-state index contributed by atoms with van der Waals surface area (Å²) in [5.41, 5.74) is 2.01. The predicted octanol–water partition coefficient (Wildman–Crippen LogP) is 2.92. The van der Waals surface area contributed by atoms with Crippen LogP contribution in [0.4, 0.5) is 5.82 Å². The summed E-state index contributed by atoms with van der Waals surface area (Å²) in [7, 11) is 0. The molecule has 1 N–H and O–H groups in total. The molecule has 1 heterocycles. The number of hydrogen-bond acceptors (Lipinski definition) is 3. The number of hydrogen-bond donors (Lipinski definition) is 1. The summed E-state index contributed by atoms with van der Waals surface area (Å²) in [5.74, 6) is 0.392. The maximum atomic E-state index is 12.3. The Morgan fingerprint density at radius 3 is 2.45 bits per heavy atom. The summed E-state index contributed by atoms with van der Waals surface area (Å²) in [4.78, 5) is 16.5. The molecule has 0 aliphatic rings. The molecule has 0 bridgehead atoms. The third-order valence-electron chi connectivity index (χ3n) is 3.14. The van der Waals surface area contributed by atoms with Gasteiger partial charge in [-0.25, -0.2) is 4.98 Å². The van der Waals surface area contributed by atoms with Crippen molar-refractivity contribution >= 4 is 5.82 Å². The molecule has 4 nitrogen and oxygen atoms in total. The van der Waals surface area contributed by atoms with Gasteiger partial charge in [-0.15, -0.1) is 0 Å². The molecule has 0 unspecified atom stereocenters. The van der Waals surface area contributed by atoms with Crippen molar-refractivity contribution in [2.75, 3.05) is 5.32 Å². The lowest BCUT2D eigenvalue weighted by atomic mass is 10.1. The second-order valence-electron chi connectivity index (χ2n) is 5.96. The fourth-order valence-electron chi connectivity index (χ4n) is 1.95. The molecule has 0 fully saturated rings. The number of nitrogens with zero attached hydrogens (tertiary/aromatic N) is 2. The first-order valence-electron chi connectivity index (χ1n) is 6.75. The Kier molecular flexibility index (Phi) is 3.93. The smallest absolute Gasteiger partial charge is 0.293 e. The lowest BCUT2D eigenvalue weighted by Gasteiger charge is -2.22. The minimum Gasteiger partial charge on any atom is -0.361 e. The van der Waals surface area contributed by atoms with Crippen LogP contribution < -0.4 is 10.9 Å². The molecular formula is C16H21N3O. The summed E-state index contributed by atoms with van der Waals surface area (Å²) in [6, 6.07) is 8.22. The van der Waals surface area contributed by atoms with Crippen molar-refractivity contribution in [3.05, 3.63) is 58.1 Å². The van der Waals surface area contributed by atoms with Crippen molar-refractivity contribution in [1.29, 1.82) is 0 Å². The van der Waals surface area contributed by atoms with E-state index in [1.807, 2.05) is 32.9 Å². The average Bonchev–Trinajstić information content (AvgIpc) is 2.38. The van der Waals surface area contributed by atoms with Crippen LogP contribution in [0.25, 0.3) is 0 Å². The Morgan fingerprint density at radius 1 is 1.20 bits per heavy atom. The fourth-order valence-corrected chi connectivity index (χ4v) is 1.95. The van der Waals surface area contributed by atoms with Gasteiger partial charge < -0.3 is 9.88 Å². The second-order valence-corrected chi connectivity index (χ2v) is 5.96. The topological polar surface area (TPSA) is 46.9 Å². The molecule has 0 saturated carbocycles. The molecule has 106 valence electrons. The van der Waals surface area contributed by atoms with E-state index in [-0.39, 0.29) is 11.1 Å². The highest BCUT2D eigenvalue weighted by molar-refractivity contribution is 5.33. The largest absolute Gasteiger partial charge is 0.361 e. The number of anilines is 1. The Hall–Kier alpha value is -2.10. The SMILES string of the molecule is Cc1ccc(CNc2nccn(C(C)(C)C)c2=O)cc1.